The number of anilines is 1. The zero-order valence-corrected chi connectivity index (χ0v) is 14.0. The number of aromatic nitrogens is 1. The zero-order chi connectivity index (χ0) is 17.6. The minimum absolute atomic E-state index is 0.0472. The third kappa shape index (κ3) is 6.94. The quantitative estimate of drug-likeness (QED) is 0.661. The van der Waals surface area contributed by atoms with E-state index in [4.69, 9.17) is 5.73 Å². The van der Waals surface area contributed by atoms with Gasteiger partial charge in [0.2, 0.25) is 0 Å². The summed E-state index contributed by atoms with van der Waals surface area (Å²) >= 11 is 0. The van der Waals surface area contributed by atoms with Crippen molar-refractivity contribution >= 4 is 17.6 Å². The molecule has 1 fully saturated rings. The van der Waals surface area contributed by atoms with Gasteiger partial charge in [-0.1, -0.05) is 6.92 Å². The fraction of sp³-hybridized carbons (Fsp3) is 0.600. The second-order valence-electron chi connectivity index (χ2n) is 6.51. The predicted molar refractivity (Wildman–Crippen MR) is 87.3 cm³/mol. The van der Waals surface area contributed by atoms with E-state index in [1.807, 2.05) is 0 Å². The summed E-state index contributed by atoms with van der Waals surface area (Å²) in [5.74, 6) is 1.52. The molecule has 0 radical (unpaired) electrons. The first-order chi connectivity index (χ1) is 10.6. The number of hydrogen-bond donors (Lipinski definition) is 1. The lowest BCUT2D eigenvalue weighted by Crippen LogP contribution is -2.27. The standard InChI is InChI=1S/C10H13N3O2.C5H11NO2/c1-8-4-5-12(7-8)10-3-2-9(6-11-10)13(14)15;1-5(2,3)8-4(6)7/h2-3,6,8H,4-5,7H2,1H3;1-3H3,(H2,6,7). The molecule has 1 saturated heterocycles. The van der Waals surface area contributed by atoms with Gasteiger partial charge in [-0.05, 0) is 39.2 Å². The van der Waals surface area contributed by atoms with Gasteiger partial charge in [0.15, 0.2) is 0 Å². The highest BCUT2D eigenvalue weighted by atomic mass is 16.6. The summed E-state index contributed by atoms with van der Waals surface area (Å²) in [6.07, 6.45) is 1.76. The van der Waals surface area contributed by atoms with Crippen LogP contribution in [0.15, 0.2) is 18.3 Å². The molecule has 0 spiro atoms. The highest BCUT2D eigenvalue weighted by molar-refractivity contribution is 5.65. The molecule has 0 saturated carbocycles. The first-order valence-electron chi connectivity index (χ1n) is 7.42. The van der Waals surface area contributed by atoms with Crippen molar-refractivity contribution in [3.63, 3.8) is 0 Å². The summed E-state index contributed by atoms with van der Waals surface area (Å²) in [6.45, 7) is 9.47. The van der Waals surface area contributed by atoms with E-state index in [2.05, 4.69) is 21.5 Å². The van der Waals surface area contributed by atoms with Gasteiger partial charge in [0, 0.05) is 19.2 Å². The molecule has 0 aromatic carbocycles. The lowest BCUT2D eigenvalue weighted by molar-refractivity contribution is -0.385. The molecule has 8 heteroatoms. The Morgan fingerprint density at radius 2 is 2.13 bits per heavy atom. The number of nitrogens with two attached hydrogens (primary N) is 1. The topological polar surface area (TPSA) is 112 Å². The van der Waals surface area contributed by atoms with Crippen LogP contribution in [-0.4, -0.2) is 34.7 Å². The summed E-state index contributed by atoms with van der Waals surface area (Å²) in [5, 5.41) is 10.4. The molecule has 2 N–H and O–H groups in total. The van der Waals surface area contributed by atoms with E-state index in [1.165, 1.54) is 18.7 Å². The summed E-state index contributed by atoms with van der Waals surface area (Å²) in [4.78, 5) is 26.3. The third-order valence-electron chi connectivity index (χ3n) is 3.10. The van der Waals surface area contributed by atoms with Crippen molar-refractivity contribution in [1.82, 2.24) is 4.98 Å². The van der Waals surface area contributed by atoms with Gasteiger partial charge in [-0.3, -0.25) is 10.1 Å². The SMILES string of the molecule is CC(C)(C)OC(N)=O.CC1CCN(c2ccc([N+](=O)[O-])cn2)C1. The largest absolute Gasteiger partial charge is 0.444 e. The molecule has 2 heterocycles. The number of carbonyl (C=O) groups is 1. The van der Waals surface area contributed by atoms with Crippen LogP contribution in [0, 0.1) is 16.0 Å². The molecule has 1 aromatic heterocycles. The van der Waals surface area contributed by atoms with Gasteiger partial charge in [-0.25, -0.2) is 9.78 Å². The zero-order valence-electron chi connectivity index (χ0n) is 14.0. The summed E-state index contributed by atoms with van der Waals surface area (Å²) in [6, 6.07) is 3.22. The number of nitro groups is 1. The highest BCUT2D eigenvalue weighted by Gasteiger charge is 2.20. The molecule has 1 atom stereocenters. The Kier molecular flexibility index (Phi) is 6.29. The first-order valence-corrected chi connectivity index (χ1v) is 7.42. The number of nitrogens with zero attached hydrogens (tertiary/aromatic N) is 3. The van der Waals surface area contributed by atoms with E-state index in [9.17, 15) is 14.9 Å². The molecule has 23 heavy (non-hydrogen) atoms. The Balaban J connectivity index is 0.000000284. The van der Waals surface area contributed by atoms with Crippen LogP contribution >= 0.6 is 0 Å². The number of carbonyl (C=O) groups excluding carboxylic acids is 1. The van der Waals surface area contributed by atoms with Gasteiger partial charge >= 0.3 is 6.09 Å². The molecule has 1 aliphatic heterocycles. The Bertz CT molecular complexity index is 539. The second-order valence-corrected chi connectivity index (χ2v) is 6.51. The van der Waals surface area contributed by atoms with E-state index in [-0.39, 0.29) is 5.69 Å². The highest BCUT2D eigenvalue weighted by Crippen LogP contribution is 2.22. The van der Waals surface area contributed by atoms with E-state index in [1.54, 1.807) is 26.8 Å². The van der Waals surface area contributed by atoms with Crippen LogP contribution in [-0.2, 0) is 4.74 Å². The first kappa shape index (κ1) is 18.7. The van der Waals surface area contributed by atoms with E-state index >= 15 is 0 Å². The molecule has 128 valence electrons. The van der Waals surface area contributed by atoms with Crippen molar-refractivity contribution in [1.29, 1.82) is 0 Å². The lowest BCUT2D eigenvalue weighted by Gasteiger charge is -2.16. The molecule has 1 unspecified atom stereocenters. The second kappa shape index (κ2) is 7.75. The molecule has 1 aliphatic rings. The molecule has 0 aliphatic carbocycles. The smallest absolute Gasteiger partial charge is 0.405 e. The van der Waals surface area contributed by atoms with Gasteiger partial charge in [-0.15, -0.1) is 0 Å². The maximum Gasteiger partial charge on any atom is 0.405 e. The third-order valence-corrected chi connectivity index (χ3v) is 3.10. The molecule has 8 nitrogen and oxygen atoms in total. The summed E-state index contributed by atoms with van der Waals surface area (Å²) < 4.78 is 4.58. The lowest BCUT2D eigenvalue weighted by atomic mass is 10.2. The van der Waals surface area contributed by atoms with Crippen molar-refractivity contribution in [3.05, 3.63) is 28.4 Å². The number of hydrogen-bond acceptors (Lipinski definition) is 6. The van der Waals surface area contributed by atoms with Gasteiger partial charge < -0.3 is 15.4 Å². The average Bonchev–Trinajstić information content (AvgIpc) is 2.83. The van der Waals surface area contributed by atoms with Gasteiger partial charge in [0.1, 0.15) is 17.6 Å². The maximum absolute atomic E-state index is 10.4. The number of amides is 1. The monoisotopic (exact) mass is 324 g/mol. The van der Waals surface area contributed by atoms with Gasteiger partial charge in [0.25, 0.3) is 5.69 Å². The number of ether oxygens (including phenoxy) is 1. The van der Waals surface area contributed by atoms with Crippen LogP contribution < -0.4 is 10.6 Å². The van der Waals surface area contributed by atoms with Crippen LogP contribution in [0.2, 0.25) is 0 Å². The van der Waals surface area contributed by atoms with Gasteiger partial charge in [-0.2, -0.15) is 0 Å². The van der Waals surface area contributed by atoms with Crippen molar-refractivity contribution in [2.75, 3.05) is 18.0 Å². The minimum Gasteiger partial charge on any atom is -0.444 e. The summed E-state index contributed by atoms with van der Waals surface area (Å²) in [7, 11) is 0. The fourth-order valence-electron chi connectivity index (χ4n) is 2.12. The van der Waals surface area contributed by atoms with Crippen LogP contribution in [0.3, 0.4) is 0 Å². The van der Waals surface area contributed by atoms with Crippen LogP contribution in [0.25, 0.3) is 0 Å². The van der Waals surface area contributed by atoms with Gasteiger partial charge in [0.05, 0.1) is 4.92 Å². The van der Waals surface area contributed by atoms with Crippen LogP contribution in [0.4, 0.5) is 16.3 Å². The maximum atomic E-state index is 10.4. The number of primary amides is 1. The molecular formula is C15H24N4O4. The average molecular weight is 324 g/mol. The van der Waals surface area contributed by atoms with E-state index in [0.29, 0.717) is 5.92 Å². The van der Waals surface area contributed by atoms with Crippen LogP contribution in [0.5, 0.6) is 0 Å². The summed E-state index contributed by atoms with van der Waals surface area (Å²) in [5.41, 5.74) is 4.31. The Labute approximate surface area is 135 Å². The fourth-order valence-corrected chi connectivity index (χ4v) is 2.12. The Hall–Kier alpha value is -2.38. The Morgan fingerprint density at radius 3 is 2.43 bits per heavy atom. The van der Waals surface area contributed by atoms with Crippen molar-refractivity contribution in [2.45, 2.75) is 39.7 Å². The molecular weight excluding hydrogens is 300 g/mol. The molecule has 1 amide bonds. The van der Waals surface area contributed by atoms with Crippen molar-refractivity contribution in [3.8, 4) is 0 Å². The minimum atomic E-state index is -0.725. The normalized spacial score (nSPS) is 17.2. The predicted octanol–water partition coefficient (Wildman–Crippen LogP) is 2.72. The van der Waals surface area contributed by atoms with Crippen molar-refractivity contribution < 1.29 is 14.5 Å². The van der Waals surface area contributed by atoms with E-state index in [0.717, 1.165) is 18.9 Å². The molecule has 2 rings (SSSR count). The number of rotatable bonds is 2. The Morgan fingerprint density at radius 1 is 1.48 bits per heavy atom. The number of pyridine rings is 1. The van der Waals surface area contributed by atoms with Crippen molar-refractivity contribution in [2.24, 2.45) is 11.7 Å². The molecule has 0 bridgehead atoms. The van der Waals surface area contributed by atoms with Crippen LogP contribution in [0.1, 0.15) is 34.1 Å². The molecule has 1 aromatic rings. The van der Waals surface area contributed by atoms with E-state index < -0.39 is 16.6 Å².